The van der Waals surface area contributed by atoms with Crippen LogP contribution in [-0.2, 0) is 0 Å². The third-order valence-electron chi connectivity index (χ3n) is 5.42. The lowest BCUT2D eigenvalue weighted by Gasteiger charge is -2.34. The van der Waals surface area contributed by atoms with Crippen LogP contribution in [0.3, 0.4) is 0 Å². The normalized spacial score (nSPS) is 16.2. The van der Waals surface area contributed by atoms with Crippen molar-refractivity contribution in [3.63, 3.8) is 0 Å². The molecule has 1 saturated heterocycles. The van der Waals surface area contributed by atoms with Crippen molar-refractivity contribution in [2.75, 3.05) is 26.2 Å². The fourth-order valence-corrected chi connectivity index (χ4v) is 3.51. The quantitative estimate of drug-likeness (QED) is 0.555. The number of likely N-dealkylation sites (tertiary alicyclic amines) is 1. The van der Waals surface area contributed by atoms with Crippen molar-refractivity contribution in [3.05, 3.63) is 53.8 Å². The molecule has 1 aliphatic rings. The molecule has 4 nitrogen and oxygen atoms in total. The number of benzene rings is 2. The molecular weight excluding hydrogens is 440 g/mol. The zero-order chi connectivity index (χ0) is 23.5. The van der Waals surface area contributed by atoms with Gasteiger partial charge in [0, 0.05) is 0 Å². The summed E-state index contributed by atoms with van der Waals surface area (Å²) in [6, 6.07) is 10.5. The second-order valence-electron chi connectivity index (χ2n) is 7.76. The topological polar surface area (TPSA) is 49.8 Å². The van der Waals surface area contributed by atoms with Gasteiger partial charge < -0.3 is 9.84 Å². The van der Waals surface area contributed by atoms with Crippen molar-refractivity contribution in [1.82, 2.24) is 4.90 Å². The molecule has 0 radical (unpaired) electrons. The number of ether oxygens (including phenoxy) is 1. The minimum Gasteiger partial charge on any atom is -0.493 e. The van der Waals surface area contributed by atoms with E-state index in [-0.39, 0.29) is 19.0 Å². The summed E-state index contributed by atoms with van der Waals surface area (Å²) in [7, 11) is 0. The first-order chi connectivity index (χ1) is 15.0. The fourth-order valence-electron chi connectivity index (χ4n) is 3.51. The standard InChI is InChI=1S/C22H21F6NO3/c23-19-11-16(3-6-18(19)20(30)31)15-1-4-17(5-2-15)32-12-14-7-9-29(10-8-14)13-21(24,25)22(26,27)28/h1-6,11,14H,7-10,12-13H2,(H,30,31). The van der Waals surface area contributed by atoms with Gasteiger partial charge in [-0.1, -0.05) is 18.2 Å². The van der Waals surface area contributed by atoms with Crippen molar-refractivity contribution in [2.45, 2.75) is 24.9 Å². The van der Waals surface area contributed by atoms with Crippen molar-refractivity contribution < 1.29 is 41.0 Å². The SMILES string of the molecule is O=C(O)c1ccc(-c2ccc(OCC3CCN(CC(F)(F)C(F)(F)F)CC3)cc2)cc1F. The highest BCUT2D eigenvalue weighted by molar-refractivity contribution is 5.88. The lowest BCUT2D eigenvalue weighted by molar-refractivity contribution is -0.287. The summed E-state index contributed by atoms with van der Waals surface area (Å²) in [5.41, 5.74) is 0.746. The number of hydrogen-bond donors (Lipinski definition) is 1. The summed E-state index contributed by atoms with van der Waals surface area (Å²) in [5, 5.41) is 8.89. The van der Waals surface area contributed by atoms with Gasteiger partial charge in [-0.3, -0.25) is 4.90 Å². The van der Waals surface area contributed by atoms with Gasteiger partial charge in [0.15, 0.2) is 0 Å². The van der Waals surface area contributed by atoms with Crippen LogP contribution in [0.5, 0.6) is 5.75 Å². The van der Waals surface area contributed by atoms with Gasteiger partial charge in [0.05, 0.1) is 18.7 Å². The molecule has 0 amide bonds. The van der Waals surface area contributed by atoms with Crippen LogP contribution in [-0.4, -0.2) is 54.3 Å². The second-order valence-corrected chi connectivity index (χ2v) is 7.76. The molecule has 0 bridgehead atoms. The molecule has 0 aliphatic carbocycles. The highest BCUT2D eigenvalue weighted by Crippen LogP contribution is 2.36. The third-order valence-corrected chi connectivity index (χ3v) is 5.42. The first-order valence-corrected chi connectivity index (χ1v) is 9.89. The van der Waals surface area contributed by atoms with E-state index in [1.54, 1.807) is 24.3 Å². The average Bonchev–Trinajstić information content (AvgIpc) is 2.72. The van der Waals surface area contributed by atoms with Gasteiger partial charge in [0.2, 0.25) is 0 Å². The van der Waals surface area contributed by atoms with E-state index in [1.807, 2.05) is 0 Å². The number of aromatic carboxylic acids is 1. The van der Waals surface area contributed by atoms with Crippen LogP contribution in [0.4, 0.5) is 26.3 Å². The van der Waals surface area contributed by atoms with Gasteiger partial charge in [0.25, 0.3) is 0 Å². The minimum absolute atomic E-state index is 0.0306. The Labute approximate surface area is 180 Å². The van der Waals surface area contributed by atoms with Crippen LogP contribution >= 0.6 is 0 Å². The molecular formula is C22H21F6NO3. The first-order valence-electron chi connectivity index (χ1n) is 9.89. The van der Waals surface area contributed by atoms with Crippen LogP contribution in [0, 0.1) is 11.7 Å². The number of halogens is 6. The number of carbonyl (C=O) groups is 1. The molecule has 0 unspecified atom stereocenters. The van der Waals surface area contributed by atoms with Crippen LogP contribution in [0.1, 0.15) is 23.2 Å². The van der Waals surface area contributed by atoms with Gasteiger partial charge in [0.1, 0.15) is 11.6 Å². The minimum atomic E-state index is -5.55. The van der Waals surface area contributed by atoms with Gasteiger partial charge in [-0.25, -0.2) is 9.18 Å². The summed E-state index contributed by atoms with van der Waals surface area (Å²) in [6.07, 6.45) is -4.66. The maximum Gasteiger partial charge on any atom is 0.454 e. The number of alkyl halides is 5. The molecule has 1 heterocycles. The van der Waals surface area contributed by atoms with Gasteiger partial charge >= 0.3 is 18.1 Å². The summed E-state index contributed by atoms with van der Waals surface area (Å²) < 4.78 is 82.9. The Bertz CT molecular complexity index is 938. The smallest absolute Gasteiger partial charge is 0.454 e. The Hall–Kier alpha value is -2.75. The summed E-state index contributed by atoms with van der Waals surface area (Å²) >= 11 is 0. The van der Waals surface area contributed by atoms with Gasteiger partial charge in [-0.05, 0) is 67.2 Å². The molecule has 2 aromatic carbocycles. The number of piperidine rings is 1. The summed E-state index contributed by atoms with van der Waals surface area (Å²) in [5.74, 6) is -6.35. The lowest BCUT2D eigenvalue weighted by Crippen LogP contribution is -2.49. The second kappa shape index (κ2) is 9.40. The zero-order valence-electron chi connectivity index (χ0n) is 16.8. The average molecular weight is 461 g/mol. The molecule has 1 fully saturated rings. The summed E-state index contributed by atoms with van der Waals surface area (Å²) in [4.78, 5) is 12.0. The third kappa shape index (κ3) is 5.73. The lowest BCUT2D eigenvalue weighted by atomic mass is 9.97. The molecule has 0 aromatic heterocycles. The van der Waals surface area contributed by atoms with E-state index < -0.39 is 36.0 Å². The molecule has 3 rings (SSSR count). The largest absolute Gasteiger partial charge is 0.493 e. The summed E-state index contributed by atoms with van der Waals surface area (Å²) in [6.45, 7) is -0.766. The Balaban J connectivity index is 1.49. The first kappa shape index (κ1) is 23.9. The van der Waals surface area contributed by atoms with E-state index in [4.69, 9.17) is 9.84 Å². The molecule has 0 atom stereocenters. The van der Waals surface area contributed by atoms with Crippen LogP contribution in [0.25, 0.3) is 11.1 Å². The van der Waals surface area contributed by atoms with E-state index in [2.05, 4.69) is 0 Å². The molecule has 32 heavy (non-hydrogen) atoms. The maximum absolute atomic E-state index is 13.9. The Kier molecular flexibility index (Phi) is 7.02. The monoisotopic (exact) mass is 461 g/mol. The van der Waals surface area contributed by atoms with E-state index in [9.17, 15) is 31.1 Å². The van der Waals surface area contributed by atoms with E-state index in [1.165, 1.54) is 12.1 Å². The van der Waals surface area contributed by atoms with Crippen LogP contribution in [0.2, 0.25) is 0 Å². The Morgan fingerprint density at radius 3 is 2.12 bits per heavy atom. The molecule has 0 spiro atoms. The fraction of sp³-hybridized carbons (Fsp3) is 0.409. The number of hydrogen-bond acceptors (Lipinski definition) is 3. The number of nitrogens with zero attached hydrogens (tertiary/aromatic N) is 1. The van der Waals surface area contributed by atoms with Crippen LogP contribution in [0.15, 0.2) is 42.5 Å². The number of rotatable bonds is 7. The Morgan fingerprint density at radius 2 is 1.59 bits per heavy atom. The predicted molar refractivity (Wildman–Crippen MR) is 104 cm³/mol. The number of carboxylic acids is 1. The number of carboxylic acid groups (broad SMARTS) is 1. The van der Waals surface area contributed by atoms with E-state index in [0.717, 1.165) is 11.0 Å². The van der Waals surface area contributed by atoms with E-state index >= 15 is 0 Å². The molecule has 0 saturated carbocycles. The molecule has 10 heteroatoms. The highest BCUT2D eigenvalue weighted by atomic mass is 19.4. The van der Waals surface area contributed by atoms with Crippen LogP contribution < -0.4 is 4.74 Å². The van der Waals surface area contributed by atoms with Gasteiger partial charge in [-0.2, -0.15) is 22.0 Å². The molecule has 1 aliphatic heterocycles. The molecule has 174 valence electrons. The predicted octanol–water partition coefficient (Wildman–Crippen LogP) is 5.48. The van der Waals surface area contributed by atoms with Crippen molar-refractivity contribution in [1.29, 1.82) is 0 Å². The maximum atomic E-state index is 13.9. The molecule has 2 aromatic rings. The van der Waals surface area contributed by atoms with Crippen molar-refractivity contribution >= 4 is 5.97 Å². The van der Waals surface area contributed by atoms with Crippen molar-refractivity contribution in [3.8, 4) is 16.9 Å². The van der Waals surface area contributed by atoms with Gasteiger partial charge in [-0.15, -0.1) is 0 Å². The zero-order valence-corrected chi connectivity index (χ0v) is 16.8. The van der Waals surface area contributed by atoms with Crippen molar-refractivity contribution in [2.24, 2.45) is 5.92 Å². The highest BCUT2D eigenvalue weighted by Gasteiger charge is 2.58. The Morgan fingerprint density at radius 1 is 1.00 bits per heavy atom. The molecule has 1 N–H and O–H groups in total. The van der Waals surface area contributed by atoms with E-state index in [0.29, 0.717) is 36.3 Å².